The van der Waals surface area contributed by atoms with Gasteiger partial charge in [-0.2, -0.15) is 0 Å². The molecule has 0 aliphatic heterocycles. The van der Waals surface area contributed by atoms with Crippen molar-refractivity contribution in [2.75, 3.05) is 44.0 Å². The van der Waals surface area contributed by atoms with E-state index < -0.39 is 0 Å². The Balaban J connectivity index is 1.54. The van der Waals surface area contributed by atoms with Gasteiger partial charge in [-0.05, 0) is 37.1 Å². The number of nitrogens with zero attached hydrogens (tertiary/aromatic N) is 5. The lowest BCUT2D eigenvalue weighted by Crippen LogP contribution is -2.28. The zero-order valence-corrected chi connectivity index (χ0v) is 20.6. The van der Waals surface area contributed by atoms with Crippen molar-refractivity contribution in [2.24, 2.45) is 0 Å². The molecule has 4 aromatic heterocycles. The van der Waals surface area contributed by atoms with Gasteiger partial charge in [-0.3, -0.25) is 9.78 Å². The highest BCUT2D eigenvalue weighted by molar-refractivity contribution is 5.80. The summed E-state index contributed by atoms with van der Waals surface area (Å²) in [5, 5.41) is 6.46. The van der Waals surface area contributed by atoms with Gasteiger partial charge in [0.15, 0.2) is 5.82 Å². The number of hydrogen-bond donors (Lipinski definition) is 2. The maximum absolute atomic E-state index is 13.4. The molecule has 0 amide bonds. The minimum atomic E-state index is -0.190. The van der Waals surface area contributed by atoms with E-state index in [1.165, 1.54) is 0 Å². The summed E-state index contributed by atoms with van der Waals surface area (Å²) in [6.07, 6.45) is 6.84. The van der Waals surface area contributed by atoms with Crippen molar-refractivity contribution in [3.63, 3.8) is 0 Å². The SMILES string of the molecule is CCCOCCn1c(=O)c(NCCCNc2ccccn2)nc2cnc(-c3ccc(OC)nc3)cc21. The molecule has 0 aliphatic carbocycles. The second-order valence-corrected chi connectivity index (χ2v) is 8.10. The van der Waals surface area contributed by atoms with E-state index in [-0.39, 0.29) is 5.56 Å². The van der Waals surface area contributed by atoms with Crippen LogP contribution in [0.25, 0.3) is 22.3 Å². The number of aromatic nitrogens is 5. The first-order valence-corrected chi connectivity index (χ1v) is 12.1. The van der Waals surface area contributed by atoms with Gasteiger partial charge in [0.1, 0.15) is 11.3 Å². The Morgan fingerprint density at radius 3 is 2.64 bits per heavy atom. The molecule has 4 rings (SSSR count). The molecule has 0 radical (unpaired) electrons. The number of methoxy groups -OCH3 is 1. The van der Waals surface area contributed by atoms with Gasteiger partial charge in [-0.15, -0.1) is 0 Å². The Morgan fingerprint density at radius 1 is 1.00 bits per heavy atom. The van der Waals surface area contributed by atoms with E-state index in [0.29, 0.717) is 54.7 Å². The summed E-state index contributed by atoms with van der Waals surface area (Å²) in [7, 11) is 1.57. The van der Waals surface area contributed by atoms with Crippen molar-refractivity contribution in [1.82, 2.24) is 24.5 Å². The lowest BCUT2D eigenvalue weighted by Gasteiger charge is -2.14. The Bertz CT molecular complexity index is 1310. The van der Waals surface area contributed by atoms with E-state index in [0.717, 1.165) is 30.8 Å². The van der Waals surface area contributed by atoms with Crippen LogP contribution in [-0.4, -0.2) is 57.9 Å². The molecule has 188 valence electrons. The molecule has 2 N–H and O–H groups in total. The van der Waals surface area contributed by atoms with Crippen molar-refractivity contribution in [3.05, 3.63) is 65.3 Å². The quantitative estimate of drug-likeness (QED) is 0.272. The van der Waals surface area contributed by atoms with Crippen molar-refractivity contribution in [3.8, 4) is 17.1 Å². The highest BCUT2D eigenvalue weighted by Crippen LogP contribution is 2.22. The van der Waals surface area contributed by atoms with Crippen LogP contribution in [0.2, 0.25) is 0 Å². The van der Waals surface area contributed by atoms with E-state index >= 15 is 0 Å². The van der Waals surface area contributed by atoms with Crippen molar-refractivity contribution in [2.45, 2.75) is 26.3 Å². The molecule has 0 fully saturated rings. The highest BCUT2D eigenvalue weighted by Gasteiger charge is 2.13. The molecule has 0 spiro atoms. The monoisotopic (exact) mass is 489 g/mol. The predicted octanol–water partition coefficient (Wildman–Crippen LogP) is 3.60. The van der Waals surface area contributed by atoms with Crippen LogP contribution in [0.15, 0.2) is 59.8 Å². The molecule has 0 saturated carbocycles. The number of anilines is 2. The fourth-order valence-electron chi connectivity index (χ4n) is 3.67. The summed E-state index contributed by atoms with van der Waals surface area (Å²) in [6, 6.07) is 11.3. The third-order valence-electron chi connectivity index (χ3n) is 5.50. The molecule has 0 unspecified atom stereocenters. The topological polar surface area (TPSA) is 116 Å². The van der Waals surface area contributed by atoms with Gasteiger partial charge in [0.05, 0.1) is 31.1 Å². The van der Waals surface area contributed by atoms with E-state index in [1.54, 1.807) is 36.3 Å². The van der Waals surface area contributed by atoms with Crippen LogP contribution in [0.5, 0.6) is 5.88 Å². The van der Waals surface area contributed by atoms with Crippen LogP contribution in [0, 0.1) is 0 Å². The summed E-state index contributed by atoms with van der Waals surface area (Å²) in [4.78, 5) is 31.0. The van der Waals surface area contributed by atoms with Crippen LogP contribution in [0.3, 0.4) is 0 Å². The normalized spacial score (nSPS) is 10.9. The molecule has 36 heavy (non-hydrogen) atoms. The number of ether oxygens (including phenoxy) is 2. The Kier molecular flexibility index (Phi) is 8.77. The number of rotatable bonds is 13. The Labute approximate surface area is 209 Å². The zero-order valence-electron chi connectivity index (χ0n) is 20.6. The smallest absolute Gasteiger partial charge is 0.293 e. The highest BCUT2D eigenvalue weighted by atomic mass is 16.5. The molecule has 0 saturated heterocycles. The fourth-order valence-corrected chi connectivity index (χ4v) is 3.67. The molecule has 10 nitrogen and oxygen atoms in total. The Morgan fingerprint density at radius 2 is 1.89 bits per heavy atom. The van der Waals surface area contributed by atoms with Crippen LogP contribution in [-0.2, 0) is 11.3 Å². The molecule has 4 aromatic rings. The maximum Gasteiger partial charge on any atom is 0.293 e. The van der Waals surface area contributed by atoms with Crippen molar-refractivity contribution < 1.29 is 9.47 Å². The number of hydrogen-bond acceptors (Lipinski definition) is 9. The Hall–Kier alpha value is -4.05. The molecule has 10 heteroatoms. The van der Waals surface area contributed by atoms with Crippen LogP contribution >= 0.6 is 0 Å². The molecule has 4 heterocycles. The van der Waals surface area contributed by atoms with Gasteiger partial charge in [0.2, 0.25) is 5.88 Å². The number of fused-ring (bicyclic) bond motifs is 1. The third-order valence-corrected chi connectivity index (χ3v) is 5.50. The molecular formula is C26H31N7O3. The zero-order chi connectivity index (χ0) is 25.2. The van der Waals surface area contributed by atoms with E-state index in [9.17, 15) is 4.79 Å². The third kappa shape index (κ3) is 6.33. The summed E-state index contributed by atoms with van der Waals surface area (Å²) in [5.41, 5.74) is 2.66. The fraction of sp³-hybridized carbons (Fsp3) is 0.346. The molecule has 0 aromatic carbocycles. The maximum atomic E-state index is 13.4. The van der Waals surface area contributed by atoms with E-state index in [1.807, 2.05) is 30.3 Å². The summed E-state index contributed by atoms with van der Waals surface area (Å²) in [6.45, 7) is 4.86. The lowest BCUT2D eigenvalue weighted by molar-refractivity contribution is 0.127. The number of nitrogens with one attached hydrogen (secondary N) is 2. The number of pyridine rings is 3. The van der Waals surface area contributed by atoms with Gasteiger partial charge in [0, 0.05) is 50.3 Å². The van der Waals surface area contributed by atoms with Gasteiger partial charge in [-0.25, -0.2) is 15.0 Å². The minimum Gasteiger partial charge on any atom is -0.481 e. The van der Waals surface area contributed by atoms with Gasteiger partial charge in [0.25, 0.3) is 5.56 Å². The first kappa shape index (κ1) is 25.1. The van der Waals surface area contributed by atoms with Crippen LogP contribution in [0.4, 0.5) is 11.6 Å². The van der Waals surface area contributed by atoms with Crippen LogP contribution < -0.4 is 20.9 Å². The second kappa shape index (κ2) is 12.6. The van der Waals surface area contributed by atoms with Gasteiger partial charge in [-0.1, -0.05) is 13.0 Å². The molecule has 0 aliphatic rings. The molecule has 0 atom stereocenters. The van der Waals surface area contributed by atoms with E-state index in [2.05, 4.69) is 37.5 Å². The van der Waals surface area contributed by atoms with Gasteiger partial charge < -0.3 is 24.7 Å². The average molecular weight is 490 g/mol. The summed E-state index contributed by atoms with van der Waals surface area (Å²) >= 11 is 0. The van der Waals surface area contributed by atoms with Crippen LogP contribution in [0.1, 0.15) is 19.8 Å². The lowest BCUT2D eigenvalue weighted by atomic mass is 10.2. The van der Waals surface area contributed by atoms with Crippen molar-refractivity contribution >= 4 is 22.7 Å². The summed E-state index contributed by atoms with van der Waals surface area (Å²) in [5.74, 6) is 1.65. The first-order valence-electron chi connectivity index (χ1n) is 12.1. The molecule has 0 bridgehead atoms. The van der Waals surface area contributed by atoms with E-state index in [4.69, 9.17) is 9.47 Å². The predicted molar refractivity (Wildman–Crippen MR) is 141 cm³/mol. The van der Waals surface area contributed by atoms with Crippen molar-refractivity contribution in [1.29, 1.82) is 0 Å². The molecular weight excluding hydrogens is 458 g/mol. The average Bonchev–Trinajstić information content (AvgIpc) is 2.92. The minimum absolute atomic E-state index is 0.190. The van der Waals surface area contributed by atoms with Gasteiger partial charge >= 0.3 is 0 Å². The second-order valence-electron chi connectivity index (χ2n) is 8.10. The first-order chi connectivity index (χ1) is 17.7. The standard InChI is InChI=1S/C26H31N7O3/c1-3-14-36-15-13-33-22-16-20(19-8-9-24(35-2)31-17-19)30-18-21(22)32-25(26(33)34)29-12-6-11-28-23-7-4-5-10-27-23/h4-5,7-10,16-18H,3,6,11-15H2,1-2H3,(H,27,28)(H,29,32). The summed E-state index contributed by atoms with van der Waals surface area (Å²) < 4.78 is 12.5. The largest absolute Gasteiger partial charge is 0.481 e.